The molecule has 0 amide bonds. The maximum absolute atomic E-state index is 6.66. The molecule has 4 aliphatic carbocycles. The molecule has 4 fully saturated rings. The zero-order valence-corrected chi connectivity index (χ0v) is 18.8. The van der Waals surface area contributed by atoms with Crippen LogP contribution in [0.5, 0.6) is 5.75 Å². The van der Waals surface area contributed by atoms with Crippen molar-refractivity contribution in [1.29, 1.82) is 0 Å². The summed E-state index contributed by atoms with van der Waals surface area (Å²) in [6, 6.07) is 8.75. The molecule has 4 bridgehead atoms. The first-order chi connectivity index (χ1) is 13.2. The topological polar surface area (TPSA) is 18.5 Å². The summed E-state index contributed by atoms with van der Waals surface area (Å²) in [5.41, 5.74) is 1.75. The summed E-state index contributed by atoms with van der Waals surface area (Å²) in [6.45, 7) is 13.7. The molecule has 0 radical (unpaired) electrons. The molecule has 0 aliphatic heterocycles. The minimum absolute atomic E-state index is 0.138. The molecule has 7 atom stereocenters. The highest BCUT2D eigenvalue weighted by Gasteiger charge is 2.55. The molecule has 0 spiro atoms. The average Bonchev–Trinajstić information content (AvgIpc) is 3.02. The molecule has 1 aromatic rings. The molecule has 2 nitrogen and oxygen atoms in total. The molecule has 4 aliphatic rings. The van der Waals surface area contributed by atoms with E-state index < -0.39 is 0 Å². The van der Waals surface area contributed by atoms with E-state index in [1.807, 2.05) is 0 Å². The Kier molecular flexibility index (Phi) is 5.55. The summed E-state index contributed by atoms with van der Waals surface area (Å²) < 4.78 is 13.0. The summed E-state index contributed by atoms with van der Waals surface area (Å²) in [6.07, 6.45) is 7.14. The van der Waals surface area contributed by atoms with Gasteiger partial charge in [-0.15, -0.1) is 0 Å². The lowest BCUT2D eigenvalue weighted by molar-refractivity contribution is -0.170. The molecule has 0 N–H and O–H groups in total. The quantitative estimate of drug-likeness (QED) is 0.469. The van der Waals surface area contributed by atoms with Crippen molar-refractivity contribution in [3.8, 4) is 5.75 Å². The van der Waals surface area contributed by atoms with E-state index in [0.29, 0.717) is 23.4 Å². The lowest BCUT2D eigenvalue weighted by Gasteiger charge is -2.35. The molecule has 2 heteroatoms. The zero-order chi connectivity index (χ0) is 20.1. The van der Waals surface area contributed by atoms with Crippen molar-refractivity contribution >= 4 is 0 Å². The molecular formula is C26H40O2. The van der Waals surface area contributed by atoms with Crippen LogP contribution >= 0.6 is 0 Å². The third-order valence-corrected chi connectivity index (χ3v) is 7.43. The van der Waals surface area contributed by atoms with Gasteiger partial charge in [0, 0.05) is 5.92 Å². The van der Waals surface area contributed by atoms with Gasteiger partial charge in [0.2, 0.25) is 6.29 Å². The highest BCUT2D eigenvalue weighted by Crippen LogP contribution is 2.59. The van der Waals surface area contributed by atoms with Gasteiger partial charge in [0.05, 0.1) is 6.10 Å². The number of ether oxygens (including phenoxy) is 2. The molecule has 4 saturated carbocycles. The molecule has 1 aromatic carbocycles. The van der Waals surface area contributed by atoms with E-state index >= 15 is 0 Å². The monoisotopic (exact) mass is 384 g/mol. The van der Waals surface area contributed by atoms with Gasteiger partial charge in [0.15, 0.2) is 0 Å². The molecule has 0 aromatic heterocycles. The van der Waals surface area contributed by atoms with E-state index in [0.717, 1.165) is 29.4 Å². The van der Waals surface area contributed by atoms with Crippen LogP contribution in [0.4, 0.5) is 0 Å². The van der Waals surface area contributed by atoms with Crippen molar-refractivity contribution in [1.82, 2.24) is 0 Å². The summed E-state index contributed by atoms with van der Waals surface area (Å²) in [5.74, 6) is 5.38. The number of benzene rings is 1. The Labute approximate surface area is 172 Å². The van der Waals surface area contributed by atoms with Gasteiger partial charge in [0.1, 0.15) is 5.75 Å². The van der Waals surface area contributed by atoms with E-state index in [2.05, 4.69) is 65.8 Å². The highest BCUT2D eigenvalue weighted by atomic mass is 16.7. The Morgan fingerprint density at radius 1 is 0.929 bits per heavy atom. The Morgan fingerprint density at radius 3 is 2.21 bits per heavy atom. The maximum Gasteiger partial charge on any atom is 0.202 e. The second-order valence-corrected chi connectivity index (χ2v) is 11.6. The second-order valence-electron chi connectivity index (χ2n) is 11.6. The maximum atomic E-state index is 6.66. The van der Waals surface area contributed by atoms with Crippen LogP contribution in [0.15, 0.2) is 24.3 Å². The van der Waals surface area contributed by atoms with Crippen LogP contribution in [0, 0.1) is 35.0 Å². The summed E-state index contributed by atoms with van der Waals surface area (Å²) >= 11 is 0. The van der Waals surface area contributed by atoms with Gasteiger partial charge < -0.3 is 9.47 Å². The van der Waals surface area contributed by atoms with Crippen molar-refractivity contribution in [2.75, 3.05) is 0 Å². The molecule has 0 saturated heterocycles. The second kappa shape index (κ2) is 7.67. The first-order valence-corrected chi connectivity index (χ1v) is 11.6. The van der Waals surface area contributed by atoms with Gasteiger partial charge in [-0.1, -0.05) is 53.7 Å². The normalized spacial score (nSPS) is 33.5. The Morgan fingerprint density at radius 2 is 1.61 bits per heavy atom. The number of rotatable bonds is 7. The van der Waals surface area contributed by atoms with E-state index in [9.17, 15) is 0 Å². The van der Waals surface area contributed by atoms with Gasteiger partial charge in [-0.05, 0) is 84.8 Å². The predicted octanol–water partition coefficient (Wildman–Crippen LogP) is 7.04. The molecule has 5 rings (SSSR count). The third-order valence-electron chi connectivity index (χ3n) is 7.43. The fourth-order valence-electron chi connectivity index (χ4n) is 6.41. The molecule has 0 heterocycles. The zero-order valence-electron chi connectivity index (χ0n) is 18.8. The average molecular weight is 385 g/mol. The van der Waals surface area contributed by atoms with Gasteiger partial charge in [-0.3, -0.25) is 0 Å². The minimum Gasteiger partial charge on any atom is -0.465 e. The van der Waals surface area contributed by atoms with Crippen LogP contribution in [-0.4, -0.2) is 12.4 Å². The fourth-order valence-corrected chi connectivity index (χ4v) is 6.41. The fraction of sp³-hybridized carbons (Fsp3) is 0.769. The van der Waals surface area contributed by atoms with E-state index in [1.54, 1.807) is 0 Å². The van der Waals surface area contributed by atoms with Crippen LogP contribution in [0.25, 0.3) is 0 Å². The van der Waals surface area contributed by atoms with Crippen LogP contribution in [0.2, 0.25) is 0 Å². The molecule has 156 valence electrons. The first kappa shape index (κ1) is 20.3. The van der Waals surface area contributed by atoms with Crippen LogP contribution in [0.3, 0.4) is 0 Å². The van der Waals surface area contributed by atoms with E-state index in [1.165, 1.54) is 37.7 Å². The van der Waals surface area contributed by atoms with Crippen molar-refractivity contribution in [3.05, 3.63) is 29.8 Å². The van der Waals surface area contributed by atoms with Crippen molar-refractivity contribution in [2.24, 2.45) is 35.0 Å². The molecular weight excluding hydrogens is 344 g/mol. The van der Waals surface area contributed by atoms with Gasteiger partial charge in [-0.25, -0.2) is 0 Å². The van der Waals surface area contributed by atoms with Crippen LogP contribution < -0.4 is 4.74 Å². The summed E-state index contributed by atoms with van der Waals surface area (Å²) in [7, 11) is 0. The van der Waals surface area contributed by atoms with Crippen molar-refractivity contribution in [2.45, 2.75) is 92.0 Å². The number of hydrogen-bond donors (Lipinski definition) is 0. The largest absolute Gasteiger partial charge is 0.465 e. The lowest BCUT2D eigenvalue weighted by atomic mass is 9.80. The molecule has 7 unspecified atom stereocenters. The third kappa shape index (κ3) is 4.27. The van der Waals surface area contributed by atoms with Crippen LogP contribution in [-0.2, 0) is 4.74 Å². The predicted molar refractivity (Wildman–Crippen MR) is 115 cm³/mol. The lowest BCUT2D eigenvalue weighted by Crippen LogP contribution is -2.38. The van der Waals surface area contributed by atoms with Gasteiger partial charge in [-0.2, -0.15) is 0 Å². The van der Waals surface area contributed by atoms with E-state index in [-0.39, 0.29) is 6.29 Å². The minimum atomic E-state index is -0.138. The standard InChI is InChI=1S/C26H40O2/c1-16(2)25(28-24-21-12-18-11-20(14-21)23(24)13-18)27-22-9-7-19(8-10-22)17(3)15-26(4,5)6/h7-10,16-18,20-21,23-25H,11-15H2,1-6H3. The van der Waals surface area contributed by atoms with Gasteiger partial charge >= 0.3 is 0 Å². The summed E-state index contributed by atoms with van der Waals surface area (Å²) in [5, 5.41) is 0. The van der Waals surface area contributed by atoms with E-state index in [4.69, 9.17) is 9.47 Å². The van der Waals surface area contributed by atoms with Crippen LogP contribution in [0.1, 0.15) is 85.1 Å². The van der Waals surface area contributed by atoms with Gasteiger partial charge in [0.25, 0.3) is 0 Å². The van der Waals surface area contributed by atoms with Crippen molar-refractivity contribution < 1.29 is 9.47 Å². The smallest absolute Gasteiger partial charge is 0.202 e. The van der Waals surface area contributed by atoms with Crippen molar-refractivity contribution in [3.63, 3.8) is 0 Å². The number of hydrogen-bond acceptors (Lipinski definition) is 2. The SMILES string of the molecule is CC(CC(C)(C)C)c1ccc(OC(OC2C3CC4CC(C3)C2C4)C(C)C)cc1. The highest BCUT2D eigenvalue weighted by molar-refractivity contribution is 5.29. The first-order valence-electron chi connectivity index (χ1n) is 11.6. The Hall–Kier alpha value is -1.02. The Balaban J connectivity index is 1.38. The summed E-state index contributed by atoms with van der Waals surface area (Å²) in [4.78, 5) is 0. The Bertz CT molecular complexity index is 652. The molecule has 28 heavy (non-hydrogen) atoms.